The van der Waals surface area contributed by atoms with Gasteiger partial charge in [-0.25, -0.2) is 0 Å². The minimum atomic E-state index is -0.925. The van der Waals surface area contributed by atoms with Gasteiger partial charge in [0.25, 0.3) is 17.4 Å². The summed E-state index contributed by atoms with van der Waals surface area (Å²) in [6.45, 7) is 0. The molecular weight excluding hydrogens is 296 g/mol. The average molecular weight is 306 g/mol. The van der Waals surface area contributed by atoms with E-state index in [1.807, 2.05) is 0 Å². The van der Waals surface area contributed by atoms with Gasteiger partial charge in [-0.3, -0.25) is 19.7 Å². The van der Waals surface area contributed by atoms with Gasteiger partial charge in [-0.2, -0.15) is 0 Å². The number of nitro groups is 1. The van der Waals surface area contributed by atoms with E-state index in [2.05, 4.69) is 5.32 Å². The lowest BCUT2D eigenvalue weighted by Gasteiger charge is -2.06. The number of carbonyl (C=O) groups is 2. The summed E-state index contributed by atoms with van der Waals surface area (Å²) >= 11 is 1.12. The van der Waals surface area contributed by atoms with Gasteiger partial charge in [0, 0.05) is 0 Å². The molecule has 1 aromatic carbocycles. The van der Waals surface area contributed by atoms with Crippen molar-refractivity contribution in [2.24, 2.45) is 0 Å². The molecule has 0 saturated carbocycles. The summed E-state index contributed by atoms with van der Waals surface area (Å²) in [5.41, 5.74) is -0.405. The predicted octanol–water partition coefficient (Wildman–Crippen LogP) is 2.49. The molecule has 0 bridgehead atoms. The topological polar surface area (TPSA) is 98.5 Å². The van der Waals surface area contributed by atoms with Crippen molar-refractivity contribution in [1.29, 1.82) is 0 Å². The molecule has 2 aromatic rings. The van der Waals surface area contributed by atoms with E-state index in [-0.39, 0.29) is 22.0 Å². The third-order valence-electron chi connectivity index (χ3n) is 2.60. The smallest absolute Gasteiger partial charge is 0.297 e. The Morgan fingerprint density at radius 3 is 2.67 bits per heavy atom. The van der Waals surface area contributed by atoms with Gasteiger partial charge in [-0.15, -0.1) is 11.3 Å². The van der Waals surface area contributed by atoms with E-state index in [9.17, 15) is 19.7 Å². The molecule has 1 amide bonds. The predicted molar refractivity (Wildman–Crippen MR) is 76.9 cm³/mol. The van der Waals surface area contributed by atoms with E-state index in [0.717, 1.165) is 11.3 Å². The van der Waals surface area contributed by atoms with Gasteiger partial charge in [0.05, 0.1) is 23.0 Å². The SMILES string of the molecule is COc1ccc(NC(=O)C(=O)c2cccs2)c([N+](=O)[O-])c1. The number of thiophene rings is 1. The van der Waals surface area contributed by atoms with Gasteiger partial charge in [0.1, 0.15) is 11.4 Å². The Labute approximate surface area is 123 Å². The summed E-state index contributed by atoms with van der Waals surface area (Å²) in [6, 6.07) is 7.09. The van der Waals surface area contributed by atoms with Crippen LogP contribution in [0.3, 0.4) is 0 Å². The van der Waals surface area contributed by atoms with Crippen LogP contribution in [0.5, 0.6) is 5.75 Å². The van der Waals surface area contributed by atoms with Crippen LogP contribution in [0.15, 0.2) is 35.7 Å². The van der Waals surface area contributed by atoms with Crippen molar-refractivity contribution in [2.75, 3.05) is 12.4 Å². The largest absolute Gasteiger partial charge is 0.496 e. The lowest BCUT2D eigenvalue weighted by atomic mass is 10.2. The molecule has 0 unspecified atom stereocenters. The third kappa shape index (κ3) is 3.23. The number of Topliss-reactive ketones (excluding diaryl/α,β-unsaturated/α-hetero) is 1. The van der Waals surface area contributed by atoms with Crippen molar-refractivity contribution in [1.82, 2.24) is 0 Å². The minimum absolute atomic E-state index is 0.0595. The van der Waals surface area contributed by atoms with E-state index in [0.29, 0.717) is 0 Å². The van der Waals surface area contributed by atoms with Crippen molar-refractivity contribution in [3.63, 3.8) is 0 Å². The van der Waals surface area contributed by atoms with Crippen LogP contribution in [0.4, 0.5) is 11.4 Å². The first-order valence-corrected chi connectivity index (χ1v) is 6.62. The molecule has 0 radical (unpaired) electrons. The number of rotatable bonds is 5. The van der Waals surface area contributed by atoms with Gasteiger partial charge in [-0.05, 0) is 23.6 Å². The summed E-state index contributed by atoms with van der Waals surface area (Å²) in [5, 5.41) is 14.9. The van der Waals surface area contributed by atoms with E-state index in [1.165, 1.54) is 31.4 Å². The van der Waals surface area contributed by atoms with Crippen LogP contribution >= 0.6 is 11.3 Å². The van der Waals surface area contributed by atoms with Crippen molar-refractivity contribution in [3.8, 4) is 5.75 Å². The molecule has 2 rings (SSSR count). The molecule has 1 aromatic heterocycles. The van der Waals surface area contributed by atoms with Crippen LogP contribution < -0.4 is 10.1 Å². The first kappa shape index (κ1) is 14.7. The number of ketones is 1. The molecule has 0 saturated heterocycles. The Kier molecular flexibility index (Phi) is 4.29. The fourth-order valence-corrected chi connectivity index (χ4v) is 2.25. The van der Waals surface area contributed by atoms with Gasteiger partial charge >= 0.3 is 0 Å². The summed E-state index contributed by atoms with van der Waals surface area (Å²) in [4.78, 5) is 34.2. The molecule has 7 nitrogen and oxygen atoms in total. The number of amides is 1. The Bertz CT molecular complexity index is 697. The lowest BCUT2D eigenvalue weighted by Crippen LogP contribution is -2.22. The number of benzene rings is 1. The minimum Gasteiger partial charge on any atom is -0.496 e. The molecule has 0 aliphatic rings. The summed E-state index contributed by atoms with van der Waals surface area (Å²) in [5.74, 6) is -1.38. The van der Waals surface area contributed by atoms with Crippen LogP contribution in [-0.4, -0.2) is 23.7 Å². The quantitative estimate of drug-likeness (QED) is 0.396. The number of ether oxygens (including phenoxy) is 1. The maximum absolute atomic E-state index is 11.8. The molecule has 0 aliphatic heterocycles. The van der Waals surface area contributed by atoms with E-state index >= 15 is 0 Å². The zero-order valence-corrected chi connectivity index (χ0v) is 11.7. The number of nitro benzene ring substituents is 1. The summed E-state index contributed by atoms with van der Waals surface area (Å²) in [7, 11) is 1.37. The van der Waals surface area contributed by atoms with Gasteiger partial charge in [-0.1, -0.05) is 6.07 Å². The molecule has 0 atom stereocenters. The number of hydrogen-bond acceptors (Lipinski definition) is 6. The summed E-state index contributed by atoms with van der Waals surface area (Å²) in [6.07, 6.45) is 0. The molecule has 1 heterocycles. The number of methoxy groups -OCH3 is 1. The van der Waals surface area contributed by atoms with Crippen molar-refractivity contribution >= 4 is 34.4 Å². The highest BCUT2D eigenvalue weighted by atomic mass is 32.1. The molecule has 0 fully saturated rings. The molecule has 8 heteroatoms. The highest BCUT2D eigenvalue weighted by Crippen LogP contribution is 2.29. The van der Waals surface area contributed by atoms with Crippen LogP contribution in [0.2, 0.25) is 0 Å². The van der Waals surface area contributed by atoms with Crippen LogP contribution in [-0.2, 0) is 4.79 Å². The zero-order chi connectivity index (χ0) is 15.4. The number of anilines is 1. The lowest BCUT2D eigenvalue weighted by molar-refractivity contribution is -0.384. The van der Waals surface area contributed by atoms with Crippen LogP contribution in [0.25, 0.3) is 0 Å². The Balaban J connectivity index is 2.25. The highest BCUT2D eigenvalue weighted by molar-refractivity contribution is 7.13. The first-order chi connectivity index (χ1) is 10.0. The maximum Gasteiger partial charge on any atom is 0.297 e. The number of hydrogen-bond donors (Lipinski definition) is 1. The first-order valence-electron chi connectivity index (χ1n) is 5.74. The van der Waals surface area contributed by atoms with Crippen LogP contribution in [0, 0.1) is 10.1 Å². The number of nitrogens with zero attached hydrogens (tertiary/aromatic N) is 1. The molecule has 0 spiro atoms. The van der Waals surface area contributed by atoms with Gasteiger partial charge in [0.15, 0.2) is 0 Å². The Morgan fingerprint density at radius 1 is 1.33 bits per heavy atom. The fourth-order valence-electron chi connectivity index (χ4n) is 1.59. The second-order valence-electron chi connectivity index (χ2n) is 3.90. The van der Waals surface area contributed by atoms with E-state index < -0.39 is 16.6 Å². The zero-order valence-electron chi connectivity index (χ0n) is 10.9. The standard InChI is InChI=1S/C13H10N2O5S/c1-20-8-4-5-9(10(7-8)15(18)19)14-13(17)12(16)11-3-2-6-21-11/h2-7H,1H3,(H,14,17). The van der Waals surface area contributed by atoms with Gasteiger partial charge in [0.2, 0.25) is 0 Å². The van der Waals surface area contributed by atoms with E-state index in [1.54, 1.807) is 11.4 Å². The van der Waals surface area contributed by atoms with Crippen LogP contribution in [0.1, 0.15) is 9.67 Å². The summed E-state index contributed by atoms with van der Waals surface area (Å²) < 4.78 is 4.89. The highest BCUT2D eigenvalue weighted by Gasteiger charge is 2.22. The third-order valence-corrected chi connectivity index (χ3v) is 3.47. The molecular formula is C13H10N2O5S. The average Bonchev–Trinajstić information content (AvgIpc) is 3.00. The molecule has 108 valence electrons. The second-order valence-corrected chi connectivity index (χ2v) is 4.85. The molecule has 1 N–H and O–H groups in total. The Morgan fingerprint density at radius 2 is 2.10 bits per heavy atom. The van der Waals surface area contributed by atoms with Gasteiger partial charge < -0.3 is 10.1 Å². The monoisotopic (exact) mass is 306 g/mol. The molecule has 21 heavy (non-hydrogen) atoms. The van der Waals surface area contributed by atoms with Crippen molar-refractivity contribution < 1.29 is 19.2 Å². The second kappa shape index (κ2) is 6.14. The number of carbonyl (C=O) groups excluding carboxylic acids is 2. The molecule has 0 aliphatic carbocycles. The normalized spacial score (nSPS) is 9.95. The van der Waals surface area contributed by atoms with Crippen molar-refractivity contribution in [3.05, 3.63) is 50.7 Å². The fraction of sp³-hybridized carbons (Fsp3) is 0.0769. The van der Waals surface area contributed by atoms with Crippen molar-refractivity contribution in [2.45, 2.75) is 0 Å². The Hall–Kier alpha value is -2.74. The number of nitrogens with one attached hydrogen (secondary N) is 1. The maximum atomic E-state index is 11.8. The van der Waals surface area contributed by atoms with E-state index in [4.69, 9.17) is 4.74 Å².